The molecule has 0 aliphatic rings. The first-order chi connectivity index (χ1) is 16.4. The van der Waals surface area contributed by atoms with Crippen LogP contribution >= 0.6 is 11.6 Å². The van der Waals surface area contributed by atoms with Gasteiger partial charge < -0.3 is 24.4 Å². The zero-order chi connectivity index (χ0) is 24.5. The second kappa shape index (κ2) is 11.8. The van der Waals surface area contributed by atoms with Gasteiger partial charge in [0.15, 0.2) is 17.5 Å². The maximum Gasteiger partial charge on any atom is 0.326 e. The van der Waals surface area contributed by atoms with Crippen molar-refractivity contribution in [3.63, 3.8) is 0 Å². The lowest BCUT2D eigenvalue weighted by Gasteiger charge is -2.21. The van der Waals surface area contributed by atoms with Crippen molar-refractivity contribution in [2.75, 3.05) is 26.5 Å². The molecule has 34 heavy (non-hydrogen) atoms. The molecule has 0 saturated carbocycles. The lowest BCUT2D eigenvalue weighted by Crippen LogP contribution is -2.41. The van der Waals surface area contributed by atoms with E-state index in [9.17, 15) is 4.79 Å². The Bertz CT molecular complexity index is 1120. The number of carbonyl (C=O) groups excluding carboxylic acids is 1. The number of halogens is 1. The molecule has 8 nitrogen and oxygen atoms in total. The third kappa shape index (κ3) is 6.55. The summed E-state index contributed by atoms with van der Waals surface area (Å²) in [6, 6.07) is 20.2. The number of hydrogen-bond acceptors (Lipinski definition) is 5. The van der Waals surface area contributed by atoms with Crippen LogP contribution in [0.2, 0.25) is 5.02 Å². The second-order valence-electron chi connectivity index (χ2n) is 7.46. The van der Waals surface area contributed by atoms with Gasteiger partial charge in [0.25, 0.3) is 0 Å². The van der Waals surface area contributed by atoms with E-state index in [1.807, 2.05) is 60.7 Å². The molecule has 9 heteroatoms. The Labute approximate surface area is 203 Å². The average molecular weight is 483 g/mol. The number of urea groups is 1. The summed E-state index contributed by atoms with van der Waals surface area (Å²) in [5, 5.41) is 13.1. The van der Waals surface area contributed by atoms with Crippen LogP contribution in [0.5, 0.6) is 17.2 Å². The molecule has 0 atom stereocenters. The van der Waals surface area contributed by atoms with E-state index in [2.05, 4.69) is 10.6 Å². The molecule has 0 spiro atoms. The first kappa shape index (κ1) is 24.7. The van der Waals surface area contributed by atoms with Gasteiger partial charge in [-0.05, 0) is 11.1 Å². The highest BCUT2D eigenvalue weighted by atomic mass is 35.5. The number of nitrogens with zero attached hydrogens (tertiary/aromatic N) is 1. The quantitative estimate of drug-likeness (QED) is 0.306. The summed E-state index contributed by atoms with van der Waals surface area (Å²) < 4.78 is 17.7. The van der Waals surface area contributed by atoms with Gasteiger partial charge in [0.2, 0.25) is 5.75 Å². The average Bonchev–Trinajstić information content (AvgIpc) is 2.84. The number of hydrogen-bond donors (Lipinski definition) is 3. The van der Waals surface area contributed by atoms with Gasteiger partial charge in [-0.25, -0.2) is 4.79 Å². The van der Waals surface area contributed by atoms with Gasteiger partial charge in [0.05, 0.1) is 12.1 Å². The number of guanidine groups is 1. The SMILES string of the molecule is COc1c(NC(=O)NC(=N)N(C)C)c(Cl)cc(OCc2ccccc2)c1OCc1ccccc1. The Hall–Kier alpha value is -3.91. The first-order valence-electron chi connectivity index (χ1n) is 10.5. The molecule has 3 rings (SSSR count). The van der Waals surface area contributed by atoms with Crippen molar-refractivity contribution in [2.45, 2.75) is 13.2 Å². The van der Waals surface area contributed by atoms with Crippen molar-refractivity contribution in [3.05, 3.63) is 82.9 Å². The van der Waals surface area contributed by atoms with Crippen LogP contribution in [-0.4, -0.2) is 38.1 Å². The minimum atomic E-state index is -0.647. The predicted molar refractivity (Wildman–Crippen MR) is 133 cm³/mol. The van der Waals surface area contributed by atoms with E-state index in [-0.39, 0.29) is 35.6 Å². The van der Waals surface area contributed by atoms with Crippen LogP contribution in [-0.2, 0) is 13.2 Å². The molecule has 0 saturated heterocycles. The molecule has 3 aromatic carbocycles. The predicted octanol–water partition coefficient (Wildman–Crippen LogP) is 5.12. The van der Waals surface area contributed by atoms with Crippen LogP contribution in [0.4, 0.5) is 10.5 Å². The highest BCUT2D eigenvalue weighted by Crippen LogP contribution is 2.48. The minimum absolute atomic E-state index is 0.0871. The van der Waals surface area contributed by atoms with Crippen molar-refractivity contribution in [1.29, 1.82) is 5.41 Å². The van der Waals surface area contributed by atoms with Crippen LogP contribution in [0.3, 0.4) is 0 Å². The summed E-state index contributed by atoms with van der Waals surface area (Å²) in [7, 11) is 4.74. The molecule has 0 fully saturated rings. The molecule has 178 valence electrons. The topological polar surface area (TPSA) is 95.9 Å². The van der Waals surface area contributed by atoms with Crippen molar-refractivity contribution in [2.24, 2.45) is 0 Å². The lowest BCUT2D eigenvalue weighted by molar-refractivity contribution is 0.244. The van der Waals surface area contributed by atoms with E-state index in [1.165, 1.54) is 12.0 Å². The summed E-state index contributed by atoms with van der Waals surface area (Å²) >= 11 is 6.51. The number of benzene rings is 3. The number of amides is 2. The molecule has 0 heterocycles. The van der Waals surface area contributed by atoms with Crippen molar-refractivity contribution < 1.29 is 19.0 Å². The molecule has 3 aromatic rings. The number of carbonyl (C=O) groups is 1. The molecule has 3 N–H and O–H groups in total. The van der Waals surface area contributed by atoms with E-state index >= 15 is 0 Å². The van der Waals surface area contributed by atoms with Crippen LogP contribution in [0.1, 0.15) is 11.1 Å². The van der Waals surface area contributed by atoms with E-state index in [0.717, 1.165) is 11.1 Å². The van der Waals surface area contributed by atoms with Crippen LogP contribution < -0.4 is 24.8 Å². The standard InChI is InChI=1S/C25H27ClN4O4/c1-30(2)24(27)29-25(31)28-21-19(26)14-20(33-15-17-10-6-4-7-11-17)22(23(21)32-3)34-16-18-12-8-5-9-13-18/h4-14H,15-16H2,1-3H3,(H3,27,28,29,31). The number of anilines is 1. The fraction of sp³-hybridized carbons (Fsp3) is 0.200. The Morgan fingerprint density at radius 3 is 2.03 bits per heavy atom. The maximum absolute atomic E-state index is 12.5. The fourth-order valence-electron chi connectivity index (χ4n) is 2.97. The van der Waals surface area contributed by atoms with Gasteiger partial charge in [0.1, 0.15) is 18.9 Å². The van der Waals surface area contributed by atoms with E-state index in [4.69, 9.17) is 31.2 Å². The second-order valence-corrected chi connectivity index (χ2v) is 7.87. The third-order valence-electron chi connectivity index (χ3n) is 4.74. The van der Waals surface area contributed by atoms with Crippen molar-refractivity contribution in [1.82, 2.24) is 10.2 Å². The monoisotopic (exact) mass is 482 g/mol. The number of nitrogens with one attached hydrogen (secondary N) is 3. The molecule has 0 bridgehead atoms. The van der Waals surface area contributed by atoms with Gasteiger partial charge >= 0.3 is 6.03 Å². The largest absolute Gasteiger partial charge is 0.491 e. The zero-order valence-electron chi connectivity index (χ0n) is 19.2. The smallest absolute Gasteiger partial charge is 0.326 e. The van der Waals surface area contributed by atoms with E-state index in [0.29, 0.717) is 11.5 Å². The van der Waals surface area contributed by atoms with Crippen LogP contribution in [0.15, 0.2) is 66.7 Å². The Kier molecular flexibility index (Phi) is 8.59. The molecular formula is C25H27ClN4O4. The van der Waals surface area contributed by atoms with Gasteiger partial charge in [-0.15, -0.1) is 0 Å². The zero-order valence-corrected chi connectivity index (χ0v) is 20.0. The van der Waals surface area contributed by atoms with Gasteiger partial charge in [-0.2, -0.15) is 0 Å². The Balaban J connectivity index is 1.93. The summed E-state index contributed by atoms with van der Waals surface area (Å²) in [5.74, 6) is 0.785. The highest BCUT2D eigenvalue weighted by molar-refractivity contribution is 6.34. The number of ether oxygens (including phenoxy) is 3. The van der Waals surface area contributed by atoms with E-state index in [1.54, 1.807) is 20.2 Å². The summed E-state index contributed by atoms with van der Waals surface area (Å²) in [4.78, 5) is 13.9. The Morgan fingerprint density at radius 2 is 1.50 bits per heavy atom. The fourth-order valence-corrected chi connectivity index (χ4v) is 3.20. The van der Waals surface area contributed by atoms with Gasteiger partial charge in [0, 0.05) is 20.2 Å². The van der Waals surface area contributed by atoms with Crippen molar-refractivity contribution in [3.8, 4) is 17.2 Å². The molecule has 2 amide bonds. The molecule has 0 aliphatic carbocycles. The third-order valence-corrected chi connectivity index (χ3v) is 5.04. The summed E-state index contributed by atoms with van der Waals surface area (Å²) in [6.07, 6.45) is 0. The molecule has 0 unspecified atom stereocenters. The normalized spacial score (nSPS) is 10.2. The summed E-state index contributed by atoms with van der Waals surface area (Å²) in [6.45, 7) is 0.534. The van der Waals surface area contributed by atoms with Crippen LogP contribution in [0.25, 0.3) is 0 Å². The molecular weight excluding hydrogens is 456 g/mol. The molecule has 0 radical (unpaired) electrons. The van der Waals surface area contributed by atoms with E-state index < -0.39 is 6.03 Å². The van der Waals surface area contributed by atoms with Crippen molar-refractivity contribution >= 4 is 29.3 Å². The Morgan fingerprint density at radius 1 is 0.941 bits per heavy atom. The van der Waals surface area contributed by atoms with Gasteiger partial charge in [-0.3, -0.25) is 10.7 Å². The van der Waals surface area contributed by atoms with Gasteiger partial charge in [-0.1, -0.05) is 72.3 Å². The lowest BCUT2D eigenvalue weighted by atomic mass is 10.2. The summed E-state index contributed by atoms with van der Waals surface area (Å²) in [5.41, 5.74) is 2.11. The molecule has 0 aromatic heterocycles. The highest BCUT2D eigenvalue weighted by Gasteiger charge is 2.23. The molecule has 0 aliphatic heterocycles. The number of rotatable bonds is 8. The first-order valence-corrected chi connectivity index (χ1v) is 10.8. The minimum Gasteiger partial charge on any atom is -0.491 e. The van der Waals surface area contributed by atoms with Crippen LogP contribution in [0, 0.1) is 5.41 Å². The maximum atomic E-state index is 12.5. The number of methoxy groups -OCH3 is 1.